The molecule has 0 aliphatic carbocycles. The molecule has 0 aromatic heterocycles. The first-order chi connectivity index (χ1) is 14.0. The average molecular weight is 449 g/mol. The van der Waals surface area contributed by atoms with Crippen molar-refractivity contribution in [3.63, 3.8) is 0 Å². The van der Waals surface area contributed by atoms with E-state index in [4.69, 9.17) is 10.8 Å². The topological polar surface area (TPSA) is 188 Å². The van der Waals surface area contributed by atoms with E-state index in [0.29, 0.717) is 5.75 Å². The number of aliphatic carboxylic acids is 2. The van der Waals surface area contributed by atoms with Crippen molar-refractivity contribution in [1.29, 1.82) is 0 Å². The molecule has 0 spiro atoms. The average Bonchev–Trinajstić information content (AvgIpc) is 2.66. The van der Waals surface area contributed by atoms with Crippen molar-refractivity contribution in [2.45, 2.75) is 57.7 Å². The second-order valence-corrected chi connectivity index (χ2v) is 8.11. The molecular weight excluding hydrogens is 416 g/mol. The Bertz CT molecular complexity index is 615. The number of hydrogen-bond donors (Lipinski definition) is 6. The summed E-state index contributed by atoms with van der Waals surface area (Å²) in [5.41, 5.74) is 5.27. The van der Waals surface area contributed by atoms with Gasteiger partial charge in [0.2, 0.25) is 17.7 Å². The van der Waals surface area contributed by atoms with Crippen molar-refractivity contribution in [3.05, 3.63) is 0 Å². The maximum atomic E-state index is 12.7. The Morgan fingerprint density at radius 3 is 1.93 bits per heavy atom. The molecule has 3 amide bonds. The Hall–Kier alpha value is -2.34. The van der Waals surface area contributed by atoms with Crippen LogP contribution < -0.4 is 21.7 Å². The molecule has 0 saturated heterocycles. The Morgan fingerprint density at radius 1 is 0.900 bits per heavy atom. The summed E-state index contributed by atoms with van der Waals surface area (Å²) in [5, 5.41) is 25.5. The van der Waals surface area contributed by atoms with E-state index < -0.39 is 54.2 Å². The SMILES string of the molecule is CSCCC(NC(=O)C(CCC(=O)O)NC(=O)C(CC(C)C)NC(=O)CN)C(=O)O. The number of carboxylic acids is 2. The number of carbonyl (C=O) groups excluding carboxylic acids is 3. The standard InChI is InChI=1S/C18H32N4O7S/c1-10(2)8-13(20-14(23)9-19)17(27)21-11(4-5-15(24)25)16(26)22-12(18(28)29)6-7-30-3/h10-13H,4-9,19H2,1-3H3,(H,20,23)(H,21,27)(H,22,26)(H,24,25)(H,28,29). The van der Waals surface area contributed by atoms with Gasteiger partial charge in [0, 0.05) is 6.42 Å². The number of carboxylic acid groups (broad SMARTS) is 2. The van der Waals surface area contributed by atoms with Gasteiger partial charge in [-0.25, -0.2) is 4.79 Å². The predicted octanol–water partition coefficient (Wildman–Crippen LogP) is -0.852. The van der Waals surface area contributed by atoms with Crippen molar-refractivity contribution < 1.29 is 34.2 Å². The van der Waals surface area contributed by atoms with E-state index in [1.54, 1.807) is 6.26 Å². The summed E-state index contributed by atoms with van der Waals surface area (Å²) in [7, 11) is 0. The van der Waals surface area contributed by atoms with Gasteiger partial charge in [-0.1, -0.05) is 13.8 Å². The lowest BCUT2D eigenvalue weighted by Gasteiger charge is -2.25. The summed E-state index contributed by atoms with van der Waals surface area (Å²) in [6.07, 6.45) is 1.59. The molecular formula is C18H32N4O7S. The number of nitrogens with one attached hydrogen (secondary N) is 3. The van der Waals surface area contributed by atoms with E-state index >= 15 is 0 Å². The summed E-state index contributed by atoms with van der Waals surface area (Å²) in [6.45, 7) is 3.36. The van der Waals surface area contributed by atoms with E-state index in [1.807, 2.05) is 13.8 Å². The molecule has 11 nitrogen and oxygen atoms in total. The van der Waals surface area contributed by atoms with Crippen molar-refractivity contribution in [2.75, 3.05) is 18.6 Å². The molecule has 0 aromatic rings. The minimum absolute atomic E-state index is 0.0352. The number of amides is 3. The first-order valence-corrected chi connectivity index (χ1v) is 10.9. The van der Waals surface area contributed by atoms with Gasteiger partial charge in [-0.3, -0.25) is 19.2 Å². The van der Waals surface area contributed by atoms with Crippen LogP contribution in [-0.4, -0.2) is 76.6 Å². The first kappa shape index (κ1) is 27.7. The molecule has 0 aliphatic heterocycles. The monoisotopic (exact) mass is 448 g/mol. The summed E-state index contributed by atoms with van der Waals surface area (Å²) in [5.74, 6) is -3.90. The smallest absolute Gasteiger partial charge is 0.326 e. The third-order valence-electron chi connectivity index (χ3n) is 4.05. The normalized spacial score (nSPS) is 13.8. The van der Waals surface area contributed by atoms with Gasteiger partial charge in [-0.2, -0.15) is 11.8 Å². The Balaban J connectivity index is 5.38. The van der Waals surface area contributed by atoms with Crippen LogP contribution in [0.5, 0.6) is 0 Å². The molecule has 0 aliphatic rings. The highest BCUT2D eigenvalue weighted by Crippen LogP contribution is 2.08. The lowest BCUT2D eigenvalue weighted by molar-refractivity contribution is -0.143. The molecule has 0 aromatic carbocycles. The summed E-state index contributed by atoms with van der Waals surface area (Å²) in [6, 6.07) is -3.40. The van der Waals surface area contributed by atoms with Crippen LogP contribution in [0.15, 0.2) is 0 Å². The van der Waals surface area contributed by atoms with Crippen molar-refractivity contribution in [3.8, 4) is 0 Å². The van der Waals surface area contributed by atoms with E-state index in [9.17, 15) is 29.1 Å². The highest BCUT2D eigenvalue weighted by atomic mass is 32.2. The zero-order valence-corrected chi connectivity index (χ0v) is 18.3. The molecule has 0 saturated carbocycles. The lowest BCUT2D eigenvalue weighted by atomic mass is 10.0. The van der Waals surface area contributed by atoms with Gasteiger partial charge in [0.25, 0.3) is 0 Å². The largest absolute Gasteiger partial charge is 0.481 e. The lowest BCUT2D eigenvalue weighted by Crippen LogP contribution is -2.56. The zero-order chi connectivity index (χ0) is 23.3. The molecule has 0 rings (SSSR count). The summed E-state index contributed by atoms with van der Waals surface area (Å²) < 4.78 is 0. The number of rotatable bonds is 15. The molecule has 12 heteroatoms. The van der Waals surface area contributed by atoms with Gasteiger partial charge in [0.05, 0.1) is 6.54 Å². The highest BCUT2D eigenvalue weighted by molar-refractivity contribution is 7.98. The quantitative estimate of drug-likeness (QED) is 0.185. The minimum Gasteiger partial charge on any atom is -0.481 e. The highest BCUT2D eigenvalue weighted by Gasteiger charge is 2.30. The van der Waals surface area contributed by atoms with Crippen LogP contribution in [0, 0.1) is 5.92 Å². The molecule has 0 fully saturated rings. The second-order valence-electron chi connectivity index (χ2n) is 7.13. The van der Waals surface area contributed by atoms with E-state index in [2.05, 4.69) is 16.0 Å². The van der Waals surface area contributed by atoms with Gasteiger partial charge >= 0.3 is 11.9 Å². The van der Waals surface area contributed by atoms with E-state index in [-0.39, 0.29) is 31.7 Å². The van der Waals surface area contributed by atoms with Gasteiger partial charge in [-0.05, 0) is 37.2 Å². The van der Waals surface area contributed by atoms with Crippen LogP contribution in [0.2, 0.25) is 0 Å². The van der Waals surface area contributed by atoms with Crippen LogP contribution in [0.3, 0.4) is 0 Å². The molecule has 0 heterocycles. The summed E-state index contributed by atoms with van der Waals surface area (Å²) >= 11 is 1.41. The fourth-order valence-electron chi connectivity index (χ4n) is 2.53. The molecule has 172 valence electrons. The molecule has 3 atom stereocenters. The molecule has 0 radical (unpaired) electrons. The third kappa shape index (κ3) is 11.6. The van der Waals surface area contributed by atoms with E-state index in [1.165, 1.54) is 11.8 Å². The molecule has 7 N–H and O–H groups in total. The third-order valence-corrected chi connectivity index (χ3v) is 4.69. The maximum absolute atomic E-state index is 12.7. The number of thioether (sulfide) groups is 1. The number of carbonyl (C=O) groups is 5. The second kappa shape index (κ2) is 14.6. The van der Waals surface area contributed by atoms with Gasteiger partial charge in [0.15, 0.2) is 0 Å². The van der Waals surface area contributed by atoms with Gasteiger partial charge < -0.3 is 31.9 Å². The maximum Gasteiger partial charge on any atom is 0.326 e. The minimum atomic E-state index is -1.27. The Kier molecular flexibility index (Phi) is 13.5. The van der Waals surface area contributed by atoms with Gasteiger partial charge in [0.1, 0.15) is 18.1 Å². The zero-order valence-electron chi connectivity index (χ0n) is 17.5. The van der Waals surface area contributed by atoms with Crippen LogP contribution in [0.25, 0.3) is 0 Å². The van der Waals surface area contributed by atoms with Crippen LogP contribution in [-0.2, 0) is 24.0 Å². The molecule has 0 bridgehead atoms. The van der Waals surface area contributed by atoms with E-state index in [0.717, 1.165) is 0 Å². The number of hydrogen-bond acceptors (Lipinski definition) is 7. The van der Waals surface area contributed by atoms with Crippen molar-refractivity contribution in [2.24, 2.45) is 11.7 Å². The fourth-order valence-corrected chi connectivity index (χ4v) is 3.00. The van der Waals surface area contributed by atoms with Crippen molar-refractivity contribution in [1.82, 2.24) is 16.0 Å². The predicted molar refractivity (Wildman–Crippen MR) is 112 cm³/mol. The van der Waals surface area contributed by atoms with Crippen LogP contribution in [0.1, 0.15) is 39.5 Å². The van der Waals surface area contributed by atoms with Crippen LogP contribution in [0.4, 0.5) is 0 Å². The fraction of sp³-hybridized carbons (Fsp3) is 0.722. The Labute approximate surface area is 179 Å². The number of nitrogens with two attached hydrogens (primary N) is 1. The summed E-state index contributed by atoms with van der Waals surface area (Å²) in [4.78, 5) is 59.2. The first-order valence-electron chi connectivity index (χ1n) is 9.55. The van der Waals surface area contributed by atoms with Crippen molar-refractivity contribution >= 4 is 41.4 Å². The Morgan fingerprint density at radius 2 is 1.47 bits per heavy atom. The molecule has 3 unspecified atom stereocenters. The molecule has 30 heavy (non-hydrogen) atoms. The van der Waals surface area contributed by atoms with Crippen LogP contribution >= 0.6 is 11.8 Å². The van der Waals surface area contributed by atoms with Gasteiger partial charge in [-0.15, -0.1) is 0 Å².